The molecule has 0 saturated heterocycles. The molecule has 5 heteroatoms. The van der Waals surface area contributed by atoms with Gasteiger partial charge in [-0.3, -0.25) is 4.79 Å². The number of ketones is 1. The SMILES string of the molecule is Cc1ccc(S(=O)(=O)n2c3c(c4ccccc42)C(CC(=O)c2ccccc2)c2ccccc2-3)cc1. The molecule has 0 saturated carbocycles. The second-order valence-corrected chi connectivity index (χ2v) is 10.8. The zero-order chi connectivity index (χ0) is 24.2. The van der Waals surface area contributed by atoms with Crippen LogP contribution in [0.25, 0.3) is 22.2 Å². The van der Waals surface area contributed by atoms with Gasteiger partial charge >= 0.3 is 0 Å². The predicted octanol–water partition coefficient (Wildman–Crippen LogP) is 6.57. The van der Waals surface area contributed by atoms with E-state index < -0.39 is 10.0 Å². The summed E-state index contributed by atoms with van der Waals surface area (Å²) < 4.78 is 29.6. The van der Waals surface area contributed by atoms with E-state index in [0.29, 0.717) is 16.8 Å². The summed E-state index contributed by atoms with van der Waals surface area (Å²) in [7, 11) is -3.88. The molecule has 1 heterocycles. The monoisotopic (exact) mass is 477 g/mol. The lowest BCUT2D eigenvalue weighted by molar-refractivity contribution is 0.0978. The smallest absolute Gasteiger partial charge is 0.268 e. The Hall–Kier alpha value is -3.96. The number of fused-ring (bicyclic) bond motifs is 5. The quantitative estimate of drug-likeness (QED) is 0.269. The number of para-hydroxylation sites is 1. The van der Waals surface area contributed by atoms with Crippen LogP contribution in [0.2, 0.25) is 0 Å². The fourth-order valence-electron chi connectivity index (χ4n) is 5.22. The highest BCUT2D eigenvalue weighted by molar-refractivity contribution is 7.90. The zero-order valence-electron chi connectivity index (χ0n) is 19.2. The second kappa shape index (κ2) is 8.07. The fourth-order valence-corrected chi connectivity index (χ4v) is 6.77. The summed E-state index contributed by atoms with van der Waals surface area (Å²) in [4.78, 5) is 13.5. The minimum atomic E-state index is -3.88. The van der Waals surface area contributed by atoms with Crippen LogP contribution in [0.15, 0.2) is 108 Å². The highest BCUT2D eigenvalue weighted by atomic mass is 32.2. The van der Waals surface area contributed by atoms with Crippen LogP contribution in [0.3, 0.4) is 0 Å². The fraction of sp³-hybridized carbons (Fsp3) is 0.100. The summed E-state index contributed by atoms with van der Waals surface area (Å²) in [6.45, 7) is 1.93. The Bertz CT molecular complexity index is 1700. The van der Waals surface area contributed by atoms with Gasteiger partial charge < -0.3 is 0 Å². The van der Waals surface area contributed by atoms with Crippen LogP contribution in [0, 0.1) is 6.92 Å². The molecule has 0 spiro atoms. The Morgan fingerprint density at radius 3 is 2.23 bits per heavy atom. The van der Waals surface area contributed by atoms with Crippen molar-refractivity contribution in [3.05, 3.63) is 125 Å². The topological polar surface area (TPSA) is 56.1 Å². The van der Waals surface area contributed by atoms with Gasteiger partial charge in [-0.2, -0.15) is 0 Å². The van der Waals surface area contributed by atoms with E-state index in [2.05, 4.69) is 0 Å². The van der Waals surface area contributed by atoms with Gasteiger partial charge in [0, 0.05) is 28.9 Å². The van der Waals surface area contributed by atoms with Gasteiger partial charge in [-0.05, 0) is 36.2 Å². The van der Waals surface area contributed by atoms with Gasteiger partial charge in [0.2, 0.25) is 0 Å². The summed E-state index contributed by atoms with van der Waals surface area (Å²) in [6, 6.07) is 31.6. The lowest BCUT2D eigenvalue weighted by atomic mass is 9.89. The number of hydrogen-bond acceptors (Lipinski definition) is 3. The molecule has 0 radical (unpaired) electrons. The van der Waals surface area contributed by atoms with Crippen molar-refractivity contribution in [2.45, 2.75) is 24.2 Å². The van der Waals surface area contributed by atoms with Crippen molar-refractivity contribution in [2.75, 3.05) is 0 Å². The first kappa shape index (κ1) is 21.6. The summed E-state index contributed by atoms with van der Waals surface area (Å²) in [5, 5.41) is 0.861. The van der Waals surface area contributed by atoms with Crippen LogP contribution < -0.4 is 0 Å². The van der Waals surface area contributed by atoms with E-state index in [9.17, 15) is 13.2 Å². The predicted molar refractivity (Wildman–Crippen MR) is 138 cm³/mol. The number of aryl methyl sites for hydroxylation is 1. The largest absolute Gasteiger partial charge is 0.294 e. The van der Waals surface area contributed by atoms with Gasteiger partial charge in [0.1, 0.15) is 0 Å². The molecule has 0 aliphatic heterocycles. The van der Waals surface area contributed by atoms with Crippen LogP contribution >= 0.6 is 0 Å². The molecule has 35 heavy (non-hydrogen) atoms. The minimum absolute atomic E-state index is 0.0384. The number of Topliss-reactive ketones (excluding diaryl/α,β-unsaturated/α-hetero) is 1. The highest BCUT2D eigenvalue weighted by Gasteiger charge is 2.38. The van der Waals surface area contributed by atoms with Crippen LogP contribution in [0.4, 0.5) is 0 Å². The molecule has 172 valence electrons. The maximum absolute atomic E-state index is 14.0. The Kier molecular flexibility index (Phi) is 4.97. The Morgan fingerprint density at radius 2 is 1.46 bits per heavy atom. The molecule has 6 rings (SSSR count). The van der Waals surface area contributed by atoms with Gasteiger partial charge in [-0.15, -0.1) is 0 Å². The number of carbonyl (C=O) groups excluding carboxylic acids is 1. The van der Waals surface area contributed by atoms with Crippen LogP contribution in [0.5, 0.6) is 0 Å². The third kappa shape index (κ3) is 3.34. The molecule has 1 aliphatic carbocycles. The number of benzene rings is 4. The molecular formula is C30H23NO3S. The van der Waals surface area contributed by atoms with E-state index in [4.69, 9.17) is 0 Å². The molecule has 0 N–H and O–H groups in total. The first-order valence-corrected chi connectivity index (χ1v) is 13.0. The van der Waals surface area contributed by atoms with Gasteiger partial charge in [0.25, 0.3) is 10.0 Å². The summed E-state index contributed by atoms with van der Waals surface area (Å²) in [6.07, 6.45) is 0.270. The van der Waals surface area contributed by atoms with Crippen molar-refractivity contribution < 1.29 is 13.2 Å². The van der Waals surface area contributed by atoms with E-state index in [1.807, 2.05) is 97.9 Å². The lowest BCUT2D eigenvalue weighted by Crippen LogP contribution is -2.14. The van der Waals surface area contributed by atoms with Gasteiger partial charge in [-0.1, -0.05) is 90.5 Å². The molecular weight excluding hydrogens is 454 g/mol. The molecule has 1 aliphatic rings. The molecule has 4 nitrogen and oxygen atoms in total. The standard InChI is InChI=1S/C30H23NO3S/c1-20-15-17-22(18-16-20)35(33,34)31-27-14-8-7-13-25(27)29-26(19-28(32)21-9-3-2-4-10-21)23-11-5-6-12-24(23)30(29)31/h2-18,26H,19H2,1H3. The van der Waals surface area contributed by atoms with Gasteiger partial charge in [-0.25, -0.2) is 12.4 Å². The minimum Gasteiger partial charge on any atom is -0.294 e. The zero-order valence-corrected chi connectivity index (χ0v) is 20.0. The van der Waals surface area contributed by atoms with Crippen molar-refractivity contribution in [1.29, 1.82) is 0 Å². The number of nitrogens with zero attached hydrogens (tertiary/aromatic N) is 1. The molecule has 0 fully saturated rings. The number of hydrogen-bond donors (Lipinski definition) is 0. The van der Waals surface area contributed by atoms with Crippen molar-refractivity contribution in [1.82, 2.24) is 3.97 Å². The summed E-state index contributed by atoms with van der Waals surface area (Å²) >= 11 is 0. The summed E-state index contributed by atoms with van der Waals surface area (Å²) in [5.41, 5.74) is 5.70. The van der Waals surface area contributed by atoms with Crippen LogP contribution in [-0.4, -0.2) is 18.2 Å². The molecule has 5 aromatic rings. The molecule has 1 atom stereocenters. The molecule has 1 aromatic heterocycles. The maximum atomic E-state index is 14.0. The third-order valence-corrected chi connectivity index (χ3v) is 8.58. The van der Waals surface area contributed by atoms with E-state index in [1.54, 1.807) is 12.1 Å². The van der Waals surface area contributed by atoms with E-state index >= 15 is 0 Å². The Balaban J connectivity index is 1.61. The van der Waals surface area contributed by atoms with E-state index in [0.717, 1.165) is 27.6 Å². The van der Waals surface area contributed by atoms with Crippen LogP contribution in [0.1, 0.15) is 39.4 Å². The third-order valence-electron chi connectivity index (χ3n) is 6.86. The normalized spacial score (nSPS) is 14.6. The average Bonchev–Trinajstić information content (AvgIpc) is 3.38. The van der Waals surface area contributed by atoms with Gasteiger partial charge in [0.05, 0.1) is 16.1 Å². The number of rotatable bonds is 5. The second-order valence-electron chi connectivity index (χ2n) is 9.00. The van der Waals surface area contributed by atoms with E-state index in [-0.39, 0.29) is 23.0 Å². The van der Waals surface area contributed by atoms with Gasteiger partial charge in [0.15, 0.2) is 5.78 Å². The molecule has 0 amide bonds. The van der Waals surface area contributed by atoms with Crippen molar-refractivity contribution in [2.24, 2.45) is 0 Å². The molecule has 4 aromatic carbocycles. The Labute approximate surface area is 204 Å². The maximum Gasteiger partial charge on any atom is 0.268 e. The Morgan fingerprint density at radius 1 is 0.800 bits per heavy atom. The van der Waals surface area contributed by atoms with Crippen LogP contribution in [-0.2, 0) is 10.0 Å². The first-order chi connectivity index (χ1) is 17.0. The average molecular weight is 478 g/mol. The summed E-state index contributed by atoms with van der Waals surface area (Å²) in [5.74, 6) is -0.190. The highest BCUT2D eigenvalue weighted by Crippen LogP contribution is 2.52. The van der Waals surface area contributed by atoms with E-state index in [1.165, 1.54) is 3.97 Å². The molecule has 0 bridgehead atoms. The first-order valence-electron chi connectivity index (χ1n) is 11.6. The number of carbonyl (C=O) groups is 1. The lowest BCUT2D eigenvalue weighted by Gasteiger charge is -2.14. The van der Waals surface area contributed by atoms with Crippen molar-refractivity contribution in [3.63, 3.8) is 0 Å². The molecule has 1 unspecified atom stereocenters. The van der Waals surface area contributed by atoms with Crippen molar-refractivity contribution in [3.8, 4) is 11.3 Å². The number of aromatic nitrogens is 1. The van der Waals surface area contributed by atoms with Crippen molar-refractivity contribution >= 4 is 26.7 Å².